The van der Waals surface area contributed by atoms with Crippen LogP contribution in [0.2, 0.25) is 0 Å². The van der Waals surface area contributed by atoms with Gasteiger partial charge in [-0.25, -0.2) is 0 Å². The maximum Gasteiger partial charge on any atom is 0.239 e. The van der Waals surface area contributed by atoms with Crippen molar-refractivity contribution < 1.29 is 9.32 Å². The molecule has 0 saturated heterocycles. The topological polar surface area (TPSA) is 120 Å². The number of amides is 1. The summed E-state index contributed by atoms with van der Waals surface area (Å²) in [6.07, 6.45) is 4.27. The molecule has 5 N–H and O–H groups in total. The van der Waals surface area contributed by atoms with E-state index in [1.165, 1.54) is 0 Å². The number of aromatic nitrogens is 2. The van der Waals surface area contributed by atoms with E-state index in [0.29, 0.717) is 43.1 Å². The number of pyridine rings is 1. The van der Waals surface area contributed by atoms with Crippen LogP contribution in [0.15, 0.2) is 77.6 Å². The Morgan fingerprint density at radius 2 is 1.69 bits per heavy atom. The summed E-state index contributed by atoms with van der Waals surface area (Å²) < 4.78 is 5.59. The molecular formula is C25H25N5O2. The molecule has 0 bridgehead atoms. The zero-order valence-corrected chi connectivity index (χ0v) is 17.6. The summed E-state index contributed by atoms with van der Waals surface area (Å²) in [6.45, 7) is 0.863. The Kier molecular flexibility index (Phi) is 6.69. The third-order valence-corrected chi connectivity index (χ3v) is 5.31. The van der Waals surface area contributed by atoms with Gasteiger partial charge in [0, 0.05) is 37.5 Å². The van der Waals surface area contributed by atoms with Gasteiger partial charge in [-0.05, 0) is 46.9 Å². The third kappa shape index (κ3) is 4.74. The first kappa shape index (κ1) is 21.4. The summed E-state index contributed by atoms with van der Waals surface area (Å²) >= 11 is 0. The molecule has 7 nitrogen and oxygen atoms in total. The van der Waals surface area contributed by atoms with Crippen LogP contribution in [0.3, 0.4) is 0 Å². The lowest BCUT2D eigenvalue weighted by atomic mass is 10.00. The fourth-order valence-corrected chi connectivity index (χ4v) is 3.64. The largest absolute Gasteiger partial charge is 0.337 e. The van der Waals surface area contributed by atoms with E-state index in [2.05, 4.69) is 15.5 Å². The SMILES string of the molecule is NCc1cccc(-c2noc(NC(=O)CCc3ccccc3CN)c2-c2ccncc2)c1. The standard InChI is InChI=1S/C25H25N5O2/c26-15-17-4-3-7-20(14-17)24-23(19-10-12-28-13-11-19)25(32-30-24)29-22(31)9-8-18-5-1-2-6-21(18)16-27/h1-7,10-14H,8-9,15-16,26-27H2,(H,29,31). The molecule has 0 spiro atoms. The average Bonchev–Trinajstić information content (AvgIpc) is 3.26. The maximum atomic E-state index is 12.8. The number of hydrogen-bond acceptors (Lipinski definition) is 6. The smallest absolute Gasteiger partial charge is 0.239 e. The van der Waals surface area contributed by atoms with E-state index in [1.54, 1.807) is 12.4 Å². The highest BCUT2D eigenvalue weighted by atomic mass is 16.5. The molecule has 2 aromatic carbocycles. The molecule has 4 aromatic rings. The van der Waals surface area contributed by atoms with Gasteiger partial charge in [0.1, 0.15) is 5.69 Å². The predicted octanol–water partition coefficient (Wildman–Crippen LogP) is 3.89. The number of benzene rings is 2. The molecule has 0 radical (unpaired) electrons. The molecule has 162 valence electrons. The normalized spacial score (nSPS) is 10.8. The van der Waals surface area contributed by atoms with E-state index < -0.39 is 0 Å². The fourth-order valence-electron chi connectivity index (χ4n) is 3.64. The number of carbonyl (C=O) groups excluding carboxylic acids is 1. The highest BCUT2D eigenvalue weighted by Gasteiger charge is 2.21. The second kappa shape index (κ2) is 10.00. The van der Waals surface area contributed by atoms with Crippen LogP contribution in [0.1, 0.15) is 23.1 Å². The van der Waals surface area contributed by atoms with Crippen molar-refractivity contribution >= 4 is 11.8 Å². The van der Waals surface area contributed by atoms with E-state index >= 15 is 0 Å². The van der Waals surface area contributed by atoms with Gasteiger partial charge in [-0.15, -0.1) is 0 Å². The highest BCUT2D eigenvalue weighted by Crippen LogP contribution is 2.37. The molecule has 0 fully saturated rings. The minimum absolute atomic E-state index is 0.162. The molecule has 7 heteroatoms. The second-order valence-electron chi connectivity index (χ2n) is 7.40. The summed E-state index contributed by atoms with van der Waals surface area (Å²) in [7, 11) is 0. The number of rotatable bonds is 8. The van der Waals surface area contributed by atoms with Crippen molar-refractivity contribution in [1.82, 2.24) is 10.1 Å². The Morgan fingerprint density at radius 3 is 2.44 bits per heavy atom. The number of nitrogens with two attached hydrogens (primary N) is 2. The second-order valence-corrected chi connectivity index (χ2v) is 7.40. The quantitative estimate of drug-likeness (QED) is 0.392. The number of anilines is 1. The van der Waals surface area contributed by atoms with Gasteiger partial charge in [-0.3, -0.25) is 15.1 Å². The van der Waals surface area contributed by atoms with Gasteiger partial charge in [-0.2, -0.15) is 0 Å². The first-order chi connectivity index (χ1) is 15.7. The van der Waals surface area contributed by atoms with E-state index in [4.69, 9.17) is 16.0 Å². The Hall–Kier alpha value is -3.81. The number of aryl methyl sites for hydroxylation is 1. The summed E-state index contributed by atoms with van der Waals surface area (Å²) in [4.78, 5) is 16.8. The average molecular weight is 428 g/mol. The molecule has 0 unspecified atom stereocenters. The summed E-state index contributed by atoms with van der Waals surface area (Å²) in [5.41, 5.74) is 17.7. The first-order valence-electron chi connectivity index (χ1n) is 10.5. The first-order valence-corrected chi connectivity index (χ1v) is 10.5. The summed E-state index contributed by atoms with van der Waals surface area (Å²) in [5.74, 6) is 0.145. The Bertz CT molecular complexity index is 1200. The van der Waals surface area contributed by atoms with E-state index in [9.17, 15) is 4.79 Å². The maximum absolute atomic E-state index is 12.8. The molecule has 0 atom stereocenters. The van der Waals surface area contributed by atoms with E-state index in [1.807, 2.05) is 60.7 Å². The van der Waals surface area contributed by atoms with Crippen LogP contribution in [0.25, 0.3) is 22.4 Å². The van der Waals surface area contributed by atoms with Gasteiger partial charge < -0.3 is 16.0 Å². The van der Waals surface area contributed by atoms with Crippen molar-refractivity contribution in [3.05, 3.63) is 89.7 Å². The fraction of sp³-hybridized carbons (Fsp3) is 0.160. The molecular weight excluding hydrogens is 402 g/mol. The monoisotopic (exact) mass is 427 g/mol. The molecule has 2 aromatic heterocycles. The van der Waals surface area contributed by atoms with Gasteiger partial charge >= 0.3 is 0 Å². The third-order valence-electron chi connectivity index (χ3n) is 5.31. The van der Waals surface area contributed by atoms with Crippen LogP contribution in [0.5, 0.6) is 0 Å². The van der Waals surface area contributed by atoms with E-state index in [-0.39, 0.29) is 5.91 Å². The number of nitrogens with zero attached hydrogens (tertiary/aromatic N) is 2. The Morgan fingerprint density at radius 1 is 0.906 bits per heavy atom. The molecule has 0 aliphatic heterocycles. The number of carbonyl (C=O) groups is 1. The van der Waals surface area contributed by atoms with Crippen molar-refractivity contribution in [2.24, 2.45) is 11.5 Å². The van der Waals surface area contributed by atoms with Crippen molar-refractivity contribution in [2.45, 2.75) is 25.9 Å². The molecule has 0 saturated carbocycles. The predicted molar refractivity (Wildman–Crippen MR) is 124 cm³/mol. The van der Waals surface area contributed by atoms with Gasteiger partial charge in [-0.1, -0.05) is 47.6 Å². The molecule has 1 amide bonds. The lowest BCUT2D eigenvalue weighted by Gasteiger charge is -2.09. The van der Waals surface area contributed by atoms with Crippen LogP contribution in [0, 0.1) is 0 Å². The molecule has 2 heterocycles. The Labute approximate surface area is 186 Å². The van der Waals surface area contributed by atoms with Crippen molar-refractivity contribution in [3.63, 3.8) is 0 Å². The minimum Gasteiger partial charge on any atom is -0.337 e. The van der Waals surface area contributed by atoms with Crippen LogP contribution in [0.4, 0.5) is 5.88 Å². The van der Waals surface area contributed by atoms with Crippen molar-refractivity contribution in [1.29, 1.82) is 0 Å². The zero-order chi connectivity index (χ0) is 22.3. The summed E-state index contributed by atoms with van der Waals surface area (Å²) in [5, 5.41) is 7.16. The van der Waals surface area contributed by atoms with Crippen LogP contribution >= 0.6 is 0 Å². The van der Waals surface area contributed by atoms with E-state index in [0.717, 1.165) is 27.8 Å². The van der Waals surface area contributed by atoms with Crippen molar-refractivity contribution in [3.8, 4) is 22.4 Å². The van der Waals surface area contributed by atoms with Crippen LogP contribution in [-0.2, 0) is 24.3 Å². The molecule has 0 aliphatic carbocycles. The van der Waals surface area contributed by atoms with Gasteiger partial charge in [0.2, 0.25) is 11.8 Å². The molecule has 0 aliphatic rings. The van der Waals surface area contributed by atoms with Gasteiger partial charge in [0.05, 0.1) is 5.56 Å². The number of nitrogens with one attached hydrogen (secondary N) is 1. The lowest BCUT2D eigenvalue weighted by molar-refractivity contribution is -0.116. The Balaban J connectivity index is 1.61. The lowest BCUT2D eigenvalue weighted by Crippen LogP contribution is -2.13. The summed E-state index contributed by atoms with van der Waals surface area (Å²) in [6, 6.07) is 19.4. The number of hydrogen-bond donors (Lipinski definition) is 3. The van der Waals surface area contributed by atoms with Gasteiger partial charge in [0.15, 0.2) is 0 Å². The highest BCUT2D eigenvalue weighted by molar-refractivity contribution is 5.97. The minimum atomic E-state index is -0.162. The van der Waals surface area contributed by atoms with Crippen LogP contribution < -0.4 is 16.8 Å². The van der Waals surface area contributed by atoms with Crippen LogP contribution in [-0.4, -0.2) is 16.0 Å². The zero-order valence-electron chi connectivity index (χ0n) is 17.6. The van der Waals surface area contributed by atoms with Gasteiger partial charge in [0.25, 0.3) is 0 Å². The van der Waals surface area contributed by atoms with Crippen molar-refractivity contribution in [2.75, 3.05) is 5.32 Å². The molecule has 4 rings (SSSR count). The molecule has 32 heavy (non-hydrogen) atoms.